The number of hydrogen-bond donors (Lipinski definition) is 2. The van der Waals surface area contributed by atoms with Crippen molar-refractivity contribution >= 4 is 11.7 Å². The summed E-state index contributed by atoms with van der Waals surface area (Å²) in [5, 5.41) is 2.62. The highest BCUT2D eigenvalue weighted by molar-refractivity contribution is 5.86. The SMILES string of the molecule is NC(C[C@@H]1CCCNC1=O)C(=O)COC(F)(F)F. The molecule has 1 unspecified atom stereocenters. The third kappa shape index (κ3) is 5.01. The fraction of sp³-hybridized carbons (Fsp3) is 0.800. The number of nitrogens with one attached hydrogen (secondary N) is 1. The summed E-state index contributed by atoms with van der Waals surface area (Å²) in [6.07, 6.45) is -3.44. The first-order valence-corrected chi connectivity index (χ1v) is 5.56. The number of ether oxygens (including phenoxy) is 1. The van der Waals surface area contributed by atoms with Crippen LogP contribution in [0.5, 0.6) is 0 Å². The molecule has 0 aromatic rings. The minimum atomic E-state index is -4.85. The van der Waals surface area contributed by atoms with Gasteiger partial charge in [-0.15, -0.1) is 13.2 Å². The van der Waals surface area contributed by atoms with Crippen LogP contribution in [0.1, 0.15) is 19.3 Å². The highest BCUT2D eigenvalue weighted by Gasteiger charge is 2.32. The summed E-state index contributed by atoms with van der Waals surface area (Å²) in [5.41, 5.74) is 5.46. The second kappa shape index (κ2) is 6.14. The van der Waals surface area contributed by atoms with E-state index in [9.17, 15) is 22.8 Å². The van der Waals surface area contributed by atoms with Gasteiger partial charge in [0.05, 0.1) is 6.04 Å². The van der Waals surface area contributed by atoms with Crippen molar-refractivity contribution in [2.75, 3.05) is 13.2 Å². The van der Waals surface area contributed by atoms with E-state index < -0.39 is 30.7 Å². The molecule has 1 aliphatic rings. The largest absolute Gasteiger partial charge is 0.522 e. The number of carbonyl (C=O) groups excluding carboxylic acids is 2. The zero-order chi connectivity index (χ0) is 13.8. The van der Waals surface area contributed by atoms with Gasteiger partial charge in [-0.25, -0.2) is 0 Å². The normalized spacial score (nSPS) is 22.4. The molecule has 1 amide bonds. The maximum Gasteiger partial charge on any atom is 0.522 e. The van der Waals surface area contributed by atoms with Crippen molar-refractivity contribution in [3.8, 4) is 0 Å². The van der Waals surface area contributed by atoms with Crippen LogP contribution in [0.4, 0.5) is 13.2 Å². The van der Waals surface area contributed by atoms with Crippen LogP contribution in [-0.4, -0.2) is 37.2 Å². The van der Waals surface area contributed by atoms with Crippen LogP contribution < -0.4 is 11.1 Å². The maximum atomic E-state index is 11.7. The molecule has 5 nitrogen and oxygen atoms in total. The van der Waals surface area contributed by atoms with E-state index in [-0.39, 0.29) is 12.3 Å². The molecular weight excluding hydrogens is 253 g/mol. The number of Topliss-reactive ketones (excluding diaryl/α,β-unsaturated/α-hetero) is 1. The number of alkyl halides is 3. The van der Waals surface area contributed by atoms with E-state index >= 15 is 0 Å². The lowest BCUT2D eigenvalue weighted by Gasteiger charge is -2.23. The van der Waals surface area contributed by atoms with Gasteiger partial charge in [-0.1, -0.05) is 0 Å². The Kier molecular flexibility index (Phi) is 5.09. The smallest absolute Gasteiger partial charge is 0.356 e. The Labute approximate surface area is 102 Å². The van der Waals surface area contributed by atoms with Crippen LogP contribution in [0, 0.1) is 5.92 Å². The monoisotopic (exact) mass is 268 g/mol. The van der Waals surface area contributed by atoms with E-state index in [2.05, 4.69) is 10.1 Å². The predicted molar refractivity (Wildman–Crippen MR) is 55.3 cm³/mol. The van der Waals surface area contributed by atoms with Crippen molar-refractivity contribution in [3.63, 3.8) is 0 Å². The summed E-state index contributed by atoms with van der Waals surface area (Å²) in [7, 11) is 0. The lowest BCUT2D eigenvalue weighted by Crippen LogP contribution is -2.43. The quantitative estimate of drug-likeness (QED) is 0.753. The van der Waals surface area contributed by atoms with Crippen molar-refractivity contribution in [1.82, 2.24) is 5.32 Å². The van der Waals surface area contributed by atoms with Gasteiger partial charge in [0.2, 0.25) is 5.91 Å². The Morgan fingerprint density at radius 3 is 2.78 bits per heavy atom. The molecular formula is C10H15F3N2O3. The average Bonchev–Trinajstić information content (AvgIpc) is 2.28. The van der Waals surface area contributed by atoms with Crippen LogP contribution in [0.15, 0.2) is 0 Å². The Morgan fingerprint density at radius 1 is 1.56 bits per heavy atom. The minimum Gasteiger partial charge on any atom is -0.356 e. The first kappa shape index (κ1) is 14.9. The van der Waals surface area contributed by atoms with Gasteiger partial charge < -0.3 is 11.1 Å². The standard InChI is InChI=1S/C10H15F3N2O3/c11-10(12,13)18-5-8(16)7(14)4-6-2-1-3-15-9(6)17/h6-7H,1-5,14H2,(H,15,17)/t6-,7?/m0/s1. The van der Waals surface area contributed by atoms with E-state index in [0.717, 1.165) is 6.42 Å². The van der Waals surface area contributed by atoms with Gasteiger partial charge in [0, 0.05) is 12.5 Å². The molecule has 8 heteroatoms. The van der Waals surface area contributed by atoms with Crippen LogP contribution in [0.3, 0.4) is 0 Å². The Morgan fingerprint density at radius 2 is 2.22 bits per heavy atom. The lowest BCUT2D eigenvalue weighted by atomic mass is 9.90. The molecule has 0 bridgehead atoms. The number of carbonyl (C=O) groups is 2. The van der Waals surface area contributed by atoms with E-state index in [1.165, 1.54) is 0 Å². The second-order valence-electron chi connectivity index (χ2n) is 4.17. The van der Waals surface area contributed by atoms with Crippen LogP contribution in [0.25, 0.3) is 0 Å². The number of ketones is 1. The number of nitrogens with two attached hydrogens (primary N) is 1. The molecule has 1 saturated heterocycles. The molecule has 2 atom stereocenters. The van der Waals surface area contributed by atoms with Crippen molar-refractivity contribution in [3.05, 3.63) is 0 Å². The Hall–Kier alpha value is -1.15. The van der Waals surface area contributed by atoms with Crippen molar-refractivity contribution in [2.45, 2.75) is 31.7 Å². The van der Waals surface area contributed by atoms with E-state index in [1.807, 2.05) is 0 Å². The van der Waals surface area contributed by atoms with Gasteiger partial charge in [0.1, 0.15) is 6.61 Å². The zero-order valence-electron chi connectivity index (χ0n) is 9.63. The van der Waals surface area contributed by atoms with E-state index in [4.69, 9.17) is 5.73 Å². The lowest BCUT2D eigenvalue weighted by molar-refractivity contribution is -0.320. The van der Waals surface area contributed by atoms with Crippen LogP contribution in [0.2, 0.25) is 0 Å². The minimum absolute atomic E-state index is 0.0475. The average molecular weight is 268 g/mol. The number of piperidine rings is 1. The fourth-order valence-corrected chi connectivity index (χ4v) is 1.76. The molecule has 3 N–H and O–H groups in total. The molecule has 0 aromatic heterocycles. The van der Waals surface area contributed by atoms with Gasteiger partial charge in [-0.2, -0.15) is 0 Å². The van der Waals surface area contributed by atoms with Gasteiger partial charge in [0.25, 0.3) is 0 Å². The summed E-state index contributed by atoms with van der Waals surface area (Å²) in [5.74, 6) is -1.48. The molecule has 1 fully saturated rings. The second-order valence-corrected chi connectivity index (χ2v) is 4.17. The highest BCUT2D eigenvalue weighted by atomic mass is 19.4. The predicted octanol–water partition coefficient (Wildman–Crippen LogP) is 0.335. The Balaban J connectivity index is 2.37. The molecule has 1 rings (SSSR count). The van der Waals surface area contributed by atoms with E-state index in [1.54, 1.807) is 0 Å². The number of rotatable bonds is 5. The maximum absolute atomic E-state index is 11.7. The van der Waals surface area contributed by atoms with E-state index in [0.29, 0.717) is 13.0 Å². The first-order valence-electron chi connectivity index (χ1n) is 5.56. The van der Waals surface area contributed by atoms with Crippen molar-refractivity contribution < 1.29 is 27.5 Å². The topological polar surface area (TPSA) is 81.4 Å². The summed E-state index contributed by atoms with van der Waals surface area (Å²) < 4.78 is 38.6. The molecule has 1 heterocycles. The summed E-state index contributed by atoms with van der Waals surface area (Å²) in [4.78, 5) is 22.7. The van der Waals surface area contributed by atoms with Crippen LogP contribution in [-0.2, 0) is 14.3 Å². The number of amides is 1. The molecule has 0 radical (unpaired) electrons. The fourth-order valence-electron chi connectivity index (χ4n) is 1.76. The van der Waals surface area contributed by atoms with Crippen LogP contribution >= 0.6 is 0 Å². The summed E-state index contributed by atoms with van der Waals surface area (Å²) in [6.45, 7) is -0.533. The van der Waals surface area contributed by atoms with Crippen molar-refractivity contribution in [2.24, 2.45) is 11.7 Å². The third-order valence-electron chi connectivity index (χ3n) is 2.73. The molecule has 0 aliphatic carbocycles. The molecule has 1 aliphatic heterocycles. The van der Waals surface area contributed by atoms with Gasteiger partial charge in [0.15, 0.2) is 5.78 Å². The number of hydrogen-bond acceptors (Lipinski definition) is 4. The van der Waals surface area contributed by atoms with Gasteiger partial charge in [-0.05, 0) is 19.3 Å². The molecule has 0 aromatic carbocycles. The summed E-state index contributed by atoms with van der Waals surface area (Å²) in [6, 6.07) is -1.11. The summed E-state index contributed by atoms with van der Waals surface area (Å²) >= 11 is 0. The van der Waals surface area contributed by atoms with Gasteiger partial charge >= 0.3 is 6.36 Å². The first-order chi connectivity index (χ1) is 8.29. The molecule has 18 heavy (non-hydrogen) atoms. The third-order valence-corrected chi connectivity index (χ3v) is 2.73. The van der Waals surface area contributed by atoms with Crippen molar-refractivity contribution in [1.29, 1.82) is 0 Å². The number of halogens is 3. The zero-order valence-corrected chi connectivity index (χ0v) is 9.63. The van der Waals surface area contributed by atoms with Gasteiger partial charge in [-0.3, -0.25) is 14.3 Å². The molecule has 104 valence electrons. The Bertz CT molecular complexity index is 320. The molecule has 0 spiro atoms. The highest BCUT2D eigenvalue weighted by Crippen LogP contribution is 2.19. The molecule has 0 saturated carbocycles.